The van der Waals surface area contributed by atoms with Crippen LogP contribution in [-0.4, -0.2) is 54.6 Å². The number of benzene rings is 4. The van der Waals surface area contributed by atoms with Crippen LogP contribution >= 0.6 is 0 Å². The van der Waals surface area contributed by atoms with E-state index in [-0.39, 0.29) is 36.0 Å². The van der Waals surface area contributed by atoms with Crippen LogP contribution in [0, 0.1) is 0 Å². The van der Waals surface area contributed by atoms with Crippen LogP contribution in [0.1, 0.15) is 27.8 Å². The second-order valence-electron chi connectivity index (χ2n) is 12.2. The van der Waals surface area contributed by atoms with E-state index < -0.39 is 17.6 Å². The zero-order valence-electron chi connectivity index (χ0n) is 26.8. The SMILES string of the molecule is CNC[C@@H](Cc1ccc2ccccc2c1)N(C)C[C@H](Cc1cn(C)c2ccccc12)NC(=O)Cc1cc(/C=C/F)cc(C(F)(F)F)c1. The zero-order valence-corrected chi connectivity index (χ0v) is 26.8. The highest BCUT2D eigenvalue weighted by Crippen LogP contribution is 2.31. The number of likely N-dealkylation sites (N-methyl/N-ethyl adjacent to an activating group) is 2. The fourth-order valence-corrected chi connectivity index (χ4v) is 6.39. The number of hydrogen-bond acceptors (Lipinski definition) is 3. The van der Waals surface area contributed by atoms with E-state index in [0.717, 1.165) is 41.1 Å². The van der Waals surface area contributed by atoms with Crippen LogP contribution in [0.4, 0.5) is 17.6 Å². The monoisotopic (exact) mass is 644 g/mol. The number of para-hydroxylation sites is 1. The van der Waals surface area contributed by atoms with Crippen molar-refractivity contribution in [3.8, 4) is 0 Å². The van der Waals surface area contributed by atoms with Crippen molar-refractivity contribution in [2.24, 2.45) is 7.05 Å². The van der Waals surface area contributed by atoms with Crippen LogP contribution in [0.2, 0.25) is 0 Å². The Morgan fingerprint density at radius 2 is 1.68 bits per heavy atom. The van der Waals surface area contributed by atoms with E-state index in [1.54, 1.807) is 0 Å². The largest absolute Gasteiger partial charge is 0.416 e. The Kier molecular flexibility index (Phi) is 10.8. The minimum absolute atomic E-state index is 0.0424. The fraction of sp³-hybridized carbons (Fsp3) is 0.289. The van der Waals surface area contributed by atoms with Crippen LogP contribution in [0.25, 0.3) is 27.8 Å². The number of halogens is 4. The molecular weight excluding hydrogens is 604 g/mol. The van der Waals surface area contributed by atoms with Crippen LogP contribution in [0.5, 0.6) is 0 Å². The number of aromatic nitrogens is 1. The molecule has 9 heteroatoms. The van der Waals surface area contributed by atoms with Gasteiger partial charge in [-0.05, 0) is 84.2 Å². The predicted molar refractivity (Wildman–Crippen MR) is 182 cm³/mol. The van der Waals surface area contributed by atoms with Gasteiger partial charge in [0.15, 0.2) is 0 Å². The van der Waals surface area contributed by atoms with Gasteiger partial charge in [-0.25, -0.2) is 4.39 Å². The summed E-state index contributed by atoms with van der Waals surface area (Å²) in [4.78, 5) is 15.7. The molecule has 0 saturated carbocycles. The third kappa shape index (κ3) is 8.67. The van der Waals surface area contributed by atoms with Gasteiger partial charge in [0, 0.05) is 49.3 Å². The molecule has 0 aliphatic carbocycles. The number of nitrogens with one attached hydrogen (secondary N) is 2. The second kappa shape index (κ2) is 15.0. The van der Waals surface area contributed by atoms with E-state index in [1.165, 1.54) is 22.4 Å². The number of carbonyl (C=O) groups is 1. The summed E-state index contributed by atoms with van der Waals surface area (Å²) in [6.07, 6.45) is -0.389. The first kappa shape index (κ1) is 33.9. The first-order valence-corrected chi connectivity index (χ1v) is 15.7. The van der Waals surface area contributed by atoms with Crippen LogP contribution in [-0.2, 0) is 37.3 Å². The maximum Gasteiger partial charge on any atom is 0.416 e. The quantitative estimate of drug-likeness (QED) is 0.132. The number of amides is 1. The summed E-state index contributed by atoms with van der Waals surface area (Å²) in [5.41, 5.74) is 2.62. The highest BCUT2D eigenvalue weighted by Gasteiger charge is 2.31. The lowest BCUT2D eigenvalue weighted by molar-refractivity contribution is -0.137. The normalized spacial score (nSPS) is 13.5. The van der Waals surface area contributed by atoms with Crippen molar-refractivity contribution in [2.75, 3.05) is 27.2 Å². The van der Waals surface area contributed by atoms with Gasteiger partial charge in [-0.1, -0.05) is 66.7 Å². The smallest absolute Gasteiger partial charge is 0.351 e. The molecule has 2 atom stereocenters. The average molecular weight is 645 g/mol. The van der Waals surface area contributed by atoms with E-state index in [4.69, 9.17) is 0 Å². The van der Waals surface area contributed by atoms with Crippen molar-refractivity contribution < 1.29 is 22.4 Å². The summed E-state index contributed by atoms with van der Waals surface area (Å²) in [5, 5.41) is 9.88. The Balaban J connectivity index is 1.39. The molecule has 5 nitrogen and oxygen atoms in total. The number of hydrogen-bond donors (Lipinski definition) is 2. The molecule has 0 radical (unpaired) electrons. The Labute approximate surface area is 272 Å². The van der Waals surface area contributed by atoms with Crippen molar-refractivity contribution in [3.05, 3.63) is 125 Å². The number of alkyl halides is 3. The predicted octanol–water partition coefficient (Wildman–Crippen LogP) is 7.32. The highest BCUT2D eigenvalue weighted by molar-refractivity contribution is 5.84. The summed E-state index contributed by atoms with van der Waals surface area (Å²) in [5.74, 6) is -0.405. The third-order valence-corrected chi connectivity index (χ3v) is 8.63. The summed E-state index contributed by atoms with van der Waals surface area (Å²) in [6, 6.07) is 25.8. The first-order chi connectivity index (χ1) is 22.5. The summed E-state index contributed by atoms with van der Waals surface area (Å²) < 4.78 is 55.7. The van der Waals surface area contributed by atoms with E-state index in [1.807, 2.05) is 51.5 Å². The lowest BCUT2D eigenvalue weighted by atomic mass is 9.99. The fourth-order valence-electron chi connectivity index (χ4n) is 6.39. The molecule has 246 valence electrons. The Hall–Kier alpha value is -4.47. The van der Waals surface area contributed by atoms with Gasteiger partial charge in [0.2, 0.25) is 5.91 Å². The van der Waals surface area contributed by atoms with Crippen LogP contribution in [0.3, 0.4) is 0 Å². The van der Waals surface area contributed by atoms with Crippen molar-refractivity contribution in [2.45, 2.75) is 37.5 Å². The van der Waals surface area contributed by atoms with Crippen molar-refractivity contribution in [1.82, 2.24) is 20.1 Å². The van der Waals surface area contributed by atoms with Gasteiger partial charge in [0.05, 0.1) is 18.3 Å². The third-order valence-electron chi connectivity index (χ3n) is 8.63. The van der Waals surface area contributed by atoms with Crippen LogP contribution in [0.15, 0.2) is 97.5 Å². The van der Waals surface area contributed by atoms with E-state index in [0.29, 0.717) is 19.5 Å². The van der Waals surface area contributed by atoms with E-state index >= 15 is 0 Å². The lowest BCUT2D eigenvalue weighted by Gasteiger charge is -2.32. The number of carbonyl (C=O) groups excluding carboxylic acids is 1. The molecule has 5 aromatic rings. The molecule has 0 unspecified atom stereocenters. The highest BCUT2D eigenvalue weighted by atomic mass is 19.4. The minimum atomic E-state index is -4.63. The molecule has 0 aliphatic heterocycles. The van der Waals surface area contributed by atoms with Crippen LogP contribution < -0.4 is 10.6 Å². The summed E-state index contributed by atoms with van der Waals surface area (Å²) in [6.45, 7) is 1.22. The molecule has 5 rings (SSSR count). The topological polar surface area (TPSA) is 49.3 Å². The van der Waals surface area contributed by atoms with Gasteiger partial charge in [-0.3, -0.25) is 9.69 Å². The summed E-state index contributed by atoms with van der Waals surface area (Å²) >= 11 is 0. The molecule has 0 aliphatic rings. The second-order valence-corrected chi connectivity index (χ2v) is 12.2. The maximum absolute atomic E-state index is 13.6. The number of aryl methyl sites for hydroxylation is 1. The molecule has 47 heavy (non-hydrogen) atoms. The Morgan fingerprint density at radius 1 is 0.936 bits per heavy atom. The standard InChI is InChI=1S/C38H40F4N4O/c1-43-23-34(20-26-12-13-29-8-4-5-9-30(29)17-26)45(2)25-33(22-31-24-46(3)36-11-7-6-10-35(31)36)44-37(47)21-28-16-27(14-15-39)18-32(19-28)38(40,41)42/h4-19,24,33-34,43H,20-23,25H2,1-3H3,(H,44,47)/b15-14+/t33-,34+/m0/s1. The minimum Gasteiger partial charge on any atom is -0.351 e. The molecule has 0 spiro atoms. The average Bonchev–Trinajstić information content (AvgIpc) is 3.35. The molecule has 2 N–H and O–H groups in total. The Morgan fingerprint density at radius 3 is 2.43 bits per heavy atom. The molecular formula is C38H40F4N4O. The lowest BCUT2D eigenvalue weighted by Crippen LogP contribution is -2.49. The molecule has 1 amide bonds. The van der Waals surface area contributed by atoms with Crippen molar-refractivity contribution in [1.29, 1.82) is 0 Å². The van der Waals surface area contributed by atoms with Gasteiger partial charge in [0.1, 0.15) is 0 Å². The molecule has 1 aromatic heterocycles. The molecule has 1 heterocycles. The maximum atomic E-state index is 13.6. The van der Waals surface area contributed by atoms with Gasteiger partial charge < -0.3 is 15.2 Å². The van der Waals surface area contributed by atoms with Gasteiger partial charge >= 0.3 is 6.18 Å². The van der Waals surface area contributed by atoms with E-state index in [9.17, 15) is 22.4 Å². The van der Waals surface area contributed by atoms with E-state index in [2.05, 4.69) is 62.7 Å². The number of nitrogens with zero attached hydrogens (tertiary/aromatic N) is 2. The Bertz CT molecular complexity index is 1860. The van der Waals surface area contributed by atoms with Gasteiger partial charge in [0.25, 0.3) is 0 Å². The summed E-state index contributed by atoms with van der Waals surface area (Å²) in [7, 11) is 5.93. The number of rotatable bonds is 13. The molecule has 0 bridgehead atoms. The number of fused-ring (bicyclic) bond motifs is 2. The molecule has 0 saturated heterocycles. The van der Waals surface area contributed by atoms with Gasteiger partial charge in [-0.2, -0.15) is 13.2 Å². The van der Waals surface area contributed by atoms with Gasteiger partial charge in [-0.15, -0.1) is 0 Å². The molecule has 0 fully saturated rings. The molecule has 4 aromatic carbocycles. The van der Waals surface area contributed by atoms with Crippen molar-refractivity contribution >= 4 is 33.7 Å². The zero-order chi connectivity index (χ0) is 33.6. The van der Waals surface area contributed by atoms with Crippen molar-refractivity contribution in [3.63, 3.8) is 0 Å². The first-order valence-electron chi connectivity index (χ1n) is 15.7.